The van der Waals surface area contributed by atoms with Crippen LogP contribution in [0.1, 0.15) is 46.8 Å². The number of aromatic amines is 1. The molecule has 1 fully saturated rings. The lowest BCUT2D eigenvalue weighted by Crippen LogP contribution is -2.38. The van der Waals surface area contributed by atoms with Gasteiger partial charge in [-0.2, -0.15) is 0 Å². The van der Waals surface area contributed by atoms with Gasteiger partial charge in [-0.05, 0) is 27.2 Å². The van der Waals surface area contributed by atoms with Crippen LogP contribution >= 0.6 is 8.69 Å². The van der Waals surface area contributed by atoms with Crippen molar-refractivity contribution in [2.75, 3.05) is 19.8 Å². The van der Waals surface area contributed by atoms with Crippen molar-refractivity contribution in [3.63, 3.8) is 0 Å². The van der Waals surface area contributed by atoms with E-state index in [9.17, 15) is 23.7 Å². The van der Waals surface area contributed by atoms with Gasteiger partial charge in [0.15, 0.2) is 6.23 Å². The summed E-state index contributed by atoms with van der Waals surface area (Å²) in [5.41, 5.74) is -2.26. The Kier molecular flexibility index (Phi) is 11.0. The van der Waals surface area contributed by atoms with Gasteiger partial charge in [-0.1, -0.05) is 5.92 Å². The molecular weight excluding hydrogens is 495 g/mol. The number of hydrogen-bond acceptors (Lipinski definition) is 10. The van der Waals surface area contributed by atoms with Gasteiger partial charge in [-0.25, -0.2) is 14.2 Å². The molecule has 1 aliphatic heterocycles. The molecule has 0 saturated carbocycles. The Morgan fingerprint density at radius 3 is 2.61 bits per heavy atom. The standard InChI is InChI=1S/C23H31N2O10P/c1-6-23(5)16(8-11-31-12-9-17(34-15(4)26)20(28)33-14(2)3)18(13-32-36-30)35-21(23)25-10-7-19(27)24-22(25)29/h1,7,10,14,16-18,21H,8-9,11-13H2,2-5H3,(H,24,27,29)/t16-,17-,18-,21-,23-/m1/s1. The highest BCUT2D eigenvalue weighted by Gasteiger charge is 2.53. The highest BCUT2D eigenvalue weighted by Crippen LogP contribution is 2.50. The molecule has 0 bridgehead atoms. The van der Waals surface area contributed by atoms with Crippen molar-refractivity contribution in [1.82, 2.24) is 9.55 Å². The minimum Gasteiger partial charge on any atom is -0.460 e. The molecule has 13 heteroatoms. The molecule has 0 aromatic carbocycles. The zero-order chi connectivity index (χ0) is 26.9. The minimum atomic E-state index is -1.09. The van der Waals surface area contributed by atoms with E-state index in [1.165, 1.54) is 23.8 Å². The predicted octanol–water partition coefficient (Wildman–Crippen LogP) is 1.59. The van der Waals surface area contributed by atoms with Gasteiger partial charge in [0.2, 0.25) is 6.10 Å². The van der Waals surface area contributed by atoms with E-state index < -0.39 is 55.7 Å². The molecule has 36 heavy (non-hydrogen) atoms. The molecule has 1 N–H and O–H groups in total. The van der Waals surface area contributed by atoms with Crippen LogP contribution < -0.4 is 11.2 Å². The molecule has 5 atom stereocenters. The molecule has 0 aliphatic carbocycles. The quantitative estimate of drug-likeness (QED) is 0.174. The summed E-state index contributed by atoms with van der Waals surface area (Å²) in [5.74, 6) is 1.06. The first kappa shape index (κ1) is 29.4. The second-order valence-corrected chi connectivity index (χ2v) is 9.13. The minimum absolute atomic E-state index is 0.0584. The number of esters is 2. The smallest absolute Gasteiger partial charge is 0.347 e. The van der Waals surface area contributed by atoms with Crippen LogP contribution in [-0.2, 0) is 37.6 Å². The zero-order valence-corrected chi connectivity index (χ0v) is 21.5. The molecule has 1 aromatic heterocycles. The number of terminal acetylenes is 1. The third-order valence-corrected chi connectivity index (χ3v) is 6.02. The number of nitrogens with zero attached hydrogens (tertiary/aromatic N) is 1. The monoisotopic (exact) mass is 526 g/mol. The molecule has 0 amide bonds. The number of aromatic nitrogens is 2. The second-order valence-electron chi connectivity index (χ2n) is 8.72. The van der Waals surface area contributed by atoms with Gasteiger partial charge >= 0.3 is 26.3 Å². The highest BCUT2D eigenvalue weighted by molar-refractivity contribution is 7.17. The maximum atomic E-state index is 12.4. The molecule has 12 nitrogen and oxygen atoms in total. The van der Waals surface area contributed by atoms with E-state index in [1.807, 2.05) is 0 Å². The summed E-state index contributed by atoms with van der Waals surface area (Å²) in [6.45, 7) is 6.54. The van der Waals surface area contributed by atoms with Crippen LogP contribution in [0.25, 0.3) is 0 Å². The van der Waals surface area contributed by atoms with Crippen LogP contribution in [0.15, 0.2) is 21.9 Å². The van der Waals surface area contributed by atoms with Gasteiger partial charge in [-0.15, -0.1) is 6.42 Å². The SMILES string of the molecule is C#C[C@]1(C)[C@H](CCOCC[C@@H](OC(C)=O)C(=O)OC(C)C)[C@@H](COP=O)O[C@H]1n1ccc(=O)[nH]c1=O. The summed E-state index contributed by atoms with van der Waals surface area (Å²) < 4.78 is 39.0. The summed E-state index contributed by atoms with van der Waals surface area (Å²) in [6.07, 6.45) is 4.64. The van der Waals surface area contributed by atoms with Gasteiger partial charge in [-0.3, -0.25) is 23.7 Å². The van der Waals surface area contributed by atoms with E-state index in [0.717, 1.165) is 0 Å². The van der Waals surface area contributed by atoms with Gasteiger partial charge in [0, 0.05) is 38.1 Å². The first-order valence-corrected chi connectivity index (χ1v) is 12.1. The summed E-state index contributed by atoms with van der Waals surface area (Å²) in [5, 5.41) is 0. The predicted molar refractivity (Wildman–Crippen MR) is 126 cm³/mol. The molecule has 198 valence electrons. The Balaban J connectivity index is 2.09. The normalized spacial score (nSPS) is 24.4. The fraction of sp³-hybridized carbons (Fsp3) is 0.652. The molecule has 1 saturated heterocycles. The fourth-order valence-electron chi connectivity index (χ4n) is 4.10. The number of carbonyl (C=O) groups excluding carboxylic acids is 2. The summed E-state index contributed by atoms with van der Waals surface area (Å²) in [4.78, 5) is 49.6. The number of H-pyrrole nitrogens is 1. The van der Waals surface area contributed by atoms with E-state index in [1.54, 1.807) is 20.8 Å². The van der Waals surface area contributed by atoms with Gasteiger partial charge < -0.3 is 18.9 Å². The number of rotatable bonds is 13. The molecule has 0 spiro atoms. The lowest BCUT2D eigenvalue weighted by atomic mass is 9.74. The van der Waals surface area contributed by atoms with E-state index >= 15 is 0 Å². The number of carbonyl (C=O) groups is 2. The van der Waals surface area contributed by atoms with Crippen molar-refractivity contribution >= 4 is 20.6 Å². The van der Waals surface area contributed by atoms with Gasteiger partial charge in [0.1, 0.15) is 0 Å². The summed E-state index contributed by atoms with van der Waals surface area (Å²) in [6, 6.07) is 1.18. The Labute approximate surface area is 209 Å². The number of nitrogens with one attached hydrogen (secondary N) is 1. The first-order chi connectivity index (χ1) is 17.0. The summed E-state index contributed by atoms with van der Waals surface area (Å²) >= 11 is 0. The number of ether oxygens (including phenoxy) is 4. The van der Waals surface area contributed by atoms with Crippen molar-refractivity contribution in [3.05, 3.63) is 33.1 Å². The lowest BCUT2D eigenvalue weighted by molar-refractivity contribution is -0.170. The zero-order valence-electron chi connectivity index (χ0n) is 20.6. The molecule has 0 radical (unpaired) electrons. The van der Waals surface area contributed by atoms with E-state index in [2.05, 4.69) is 10.9 Å². The average Bonchev–Trinajstić information content (AvgIpc) is 3.07. The van der Waals surface area contributed by atoms with E-state index in [4.69, 9.17) is 29.9 Å². The van der Waals surface area contributed by atoms with Crippen LogP contribution in [0.4, 0.5) is 0 Å². The third-order valence-electron chi connectivity index (χ3n) is 5.76. The maximum absolute atomic E-state index is 12.4. The summed E-state index contributed by atoms with van der Waals surface area (Å²) in [7, 11) is -0.539. The highest BCUT2D eigenvalue weighted by atomic mass is 31.1. The third kappa shape index (κ3) is 7.58. The Hall–Kier alpha value is -2.84. The van der Waals surface area contributed by atoms with Crippen LogP contribution in [0.2, 0.25) is 0 Å². The first-order valence-electron chi connectivity index (χ1n) is 11.4. The topological polar surface area (TPSA) is 152 Å². The van der Waals surface area contributed by atoms with Gasteiger partial charge in [0.05, 0.1) is 30.8 Å². The van der Waals surface area contributed by atoms with Crippen LogP contribution in [-0.4, -0.2) is 59.6 Å². The van der Waals surface area contributed by atoms with Crippen LogP contribution in [0.3, 0.4) is 0 Å². The largest absolute Gasteiger partial charge is 0.460 e. The van der Waals surface area contributed by atoms with Crippen molar-refractivity contribution in [2.45, 2.75) is 65.1 Å². The fourth-order valence-corrected chi connectivity index (χ4v) is 4.30. The van der Waals surface area contributed by atoms with Crippen LogP contribution in [0.5, 0.6) is 0 Å². The maximum Gasteiger partial charge on any atom is 0.347 e. The van der Waals surface area contributed by atoms with Crippen molar-refractivity contribution < 1.29 is 37.6 Å². The number of hydrogen-bond donors (Lipinski definition) is 1. The van der Waals surface area contributed by atoms with Crippen molar-refractivity contribution in [2.24, 2.45) is 11.3 Å². The Morgan fingerprint density at radius 2 is 2.03 bits per heavy atom. The van der Waals surface area contributed by atoms with Crippen molar-refractivity contribution in [3.8, 4) is 12.3 Å². The Bertz CT molecular complexity index is 1080. The lowest BCUT2D eigenvalue weighted by Gasteiger charge is -2.31. The molecular formula is C23H31N2O10P. The molecule has 2 heterocycles. The molecule has 0 unspecified atom stereocenters. The molecule has 1 aliphatic rings. The van der Waals surface area contributed by atoms with Crippen LogP contribution in [0, 0.1) is 23.7 Å². The van der Waals surface area contributed by atoms with Gasteiger partial charge in [0.25, 0.3) is 5.56 Å². The van der Waals surface area contributed by atoms with E-state index in [-0.39, 0.29) is 38.3 Å². The average molecular weight is 526 g/mol. The second kappa shape index (κ2) is 13.5. The molecule has 2 rings (SSSR count). The van der Waals surface area contributed by atoms with E-state index in [0.29, 0.717) is 6.42 Å². The molecule has 1 aromatic rings. The Morgan fingerprint density at radius 1 is 1.31 bits per heavy atom. The van der Waals surface area contributed by atoms with Crippen molar-refractivity contribution in [1.29, 1.82) is 0 Å².